The quantitative estimate of drug-likeness (QED) is 0.163. The minimum atomic E-state index is -4.92. The summed E-state index contributed by atoms with van der Waals surface area (Å²) in [6.45, 7) is 4.51. The largest absolute Gasteiger partial charge is 0.573 e. The molecule has 2 amide bonds. The Morgan fingerprint density at radius 3 is 2.32 bits per heavy atom. The fraction of sp³-hybridized carbons (Fsp3) is 0.364. The fourth-order valence-corrected chi connectivity index (χ4v) is 6.64. The number of nitrogens with one attached hydrogen (secondary N) is 2. The Kier molecular flexibility index (Phi) is 10.00. The first-order valence-corrected chi connectivity index (χ1v) is 17.7. The molecule has 1 saturated carbocycles. The highest BCUT2D eigenvalue weighted by atomic mass is 35.5. The molecule has 5 rings (SSSR count). The van der Waals surface area contributed by atoms with E-state index in [0.717, 1.165) is 24.7 Å². The molecule has 2 aliphatic rings. The summed E-state index contributed by atoms with van der Waals surface area (Å²) in [6.07, 6.45) is -2.57. The van der Waals surface area contributed by atoms with Gasteiger partial charge in [-0.15, -0.1) is 13.2 Å². The van der Waals surface area contributed by atoms with Gasteiger partial charge in [0.1, 0.15) is 17.5 Å². The van der Waals surface area contributed by atoms with E-state index in [2.05, 4.69) is 15.2 Å². The number of oxime groups is 1. The number of halogens is 5. The molecule has 0 aromatic heterocycles. The molecule has 17 heteroatoms. The zero-order valence-electron chi connectivity index (χ0n) is 27.4. The summed E-state index contributed by atoms with van der Waals surface area (Å²) >= 11 is 12.8. The minimum Gasteiger partial charge on any atom is -0.497 e. The molecule has 0 radical (unpaired) electrons. The lowest BCUT2D eigenvalue weighted by Gasteiger charge is -2.27. The summed E-state index contributed by atoms with van der Waals surface area (Å²) in [5.74, 6) is -1.54. The highest BCUT2D eigenvalue weighted by Crippen LogP contribution is 2.57. The molecule has 2 N–H and O–H groups in total. The average molecular weight is 758 g/mol. The number of carbonyl (C=O) groups excluding carboxylic acids is 2. The van der Waals surface area contributed by atoms with Crippen LogP contribution in [0.1, 0.15) is 56.3 Å². The van der Waals surface area contributed by atoms with Crippen LogP contribution in [0.4, 0.5) is 24.5 Å². The van der Waals surface area contributed by atoms with Crippen molar-refractivity contribution < 1.29 is 45.5 Å². The third-order valence-electron chi connectivity index (χ3n) is 8.27. The van der Waals surface area contributed by atoms with Gasteiger partial charge in [0.15, 0.2) is 0 Å². The van der Waals surface area contributed by atoms with Gasteiger partial charge in [-0.25, -0.2) is 13.1 Å². The molecule has 1 unspecified atom stereocenters. The number of methoxy groups -OCH3 is 1. The van der Waals surface area contributed by atoms with Crippen molar-refractivity contribution in [2.45, 2.75) is 57.0 Å². The summed E-state index contributed by atoms with van der Waals surface area (Å²) in [5.41, 5.74) is 0.436. The van der Waals surface area contributed by atoms with Crippen molar-refractivity contribution in [1.29, 1.82) is 0 Å². The molecule has 3 aromatic carbocycles. The molecule has 268 valence electrons. The highest BCUT2D eigenvalue weighted by Gasteiger charge is 2.54. The van der Waals surface area contributed by atoms with Gasteiger partial charge < -0.3 is 24.5 Å². The number of alkyl halides is 3. The number of fused-ring (bicyclic) bond motifs is 2. The highest BCUT2D eigenvalue weighted by molar-refractivity contribution is 7.89. The molecule has 1 heterocycles. The average Bonchev–Trinajstić information content (AvgIpc) is 3.72. The summed E-state index contributed by atoms with van der Waals surface area (Å²) in [7, 11) is -2.42. The molecule has 1 atom stereocenters. The Hall–Kier alpha value is -4.21. The molecule has 1 spiro atoms. The number of nitrogens with zero attached hydrogens (tertiary/aromatic N) is 2. The predicted molar refractivity (Wildman–Crippen MR) is 183 cm³/mol. The third-order valence-corrected chi connectivity index (χ3v) is 9.39. The van der Waals surface area contributed by atoms with Crippen molar-refractivity contribution in [2.24, 2.45) is 5.16 Å². The Morgan fingerprint density at radius 2 is 1.72 bits per heavy atom. The molecular weight excluding hydrogens is 724 g/mol. The summed E-state index contributed by atoms with van der Waals surface area (Å²) in [4.78, 5) is 33.9. The molecule has 0 saturated heterocycles. The molecule has 3 aromatic rings. The van der Waals surface area contributed by atoms with E-state index in [-0.39, 0.29) is 22.7 Å². The Morgan fingerprint density at radius 1 is 1.02 bits per heavy atom. The van der Waals surface area contributed by atoms with Crippen LogP contribution < -0.4 is 24.4 Å². The number of anilines is 2. The van der Waals surface area contributed by atoms with Crippen molar-refractivity contribution in [3.63, 3.8) is 0 Å². The van der Waals surface area contributed by atoms with Crippen LogP contribution in [0.25, 0.3) is 0 Å². The van der Waals surface area contributed by atoms with Crippen molar-refractivity contribution >= 4 is 62.1 Å². The Labute approximate surface area is 296 Å². The first-order chi connectivity index (χ1) is 23.2. The second-order valence-electron chi connectivity index (χ2n) is 12.6. The van der Waals surface area contributed by atoms with Crippen molar-refractivity contribution in [2.75, 3.05) is 30.1 Å². The number of amides is 2. The molecule has 50 heavy (non-hydrogen) atoms. The number of ether oxygens (including phenoxy) is 2. The monoisotopic (exact) mass is 756 g/mol. The second kappa shape index (κ2) is 13.5. The lowest BCUT2D eigenvalue weighted by molar-refractivity contribution is -0.274. The SMILES string of the molecule is COc1cc(NC(C(=O)N2CC3(CC3)c3ccc(OC(F)(F)F)cc32)c2ccc(Cl)cc2Cl)cc(C(C)=NOC(C)(C)C(=O)NS(C)(=O)=O)c1. The van der Waals surface area contributed by atoms with Gasteiger partial charge in [-0.3, -0.25) is 9.59 Å². The topological polar surface area (TPSA) is 136 Å². The van der Waals surface area contributed by atoms with Crippen LogP contribution in [0.5, 0.6) is 11.5 Å². The van der Waals surface area contributed by atoms with Crippen LogP contribution >= 0.6 is 23.2 Å². The van der Waals surface area contributed by atoms with Gasteiger partial charge in [-0.2, -0.15) is 0 Å². The normalized spacial score (nSPS) is 16.0. The lowest BCUT2D eigenvalue weighted by Crippen LogP contribution is -2.45. The summed E-state index contributed by atoms with van der Waals surface area (Å²) in [5, 5.41) is 7.76. The van der Waals surface area contributed by atoms with Crippen LogP contribution in [-0.4, -0.2) is 57.8 Å². The van der Waals surface area contributed by atoms with E-state index in [4.69, 9.17) is 32.8 Å². The molecule has 11 nitrogen and oxygen atoms in total. The van der Waals surface area contributed by atoms with E-state index in [1.165, 1.54) is 44.1 Å². The van der Waals surface area contributed by atoms with Gasteiger partial charge >= 0.3 is 6.36 Å². The maximum atomic E-state index is 14.6. The van der Waals surface area contributed by atoms with E-state index < -0.39 is 45.6 Å². The smallest absolute Gasteiger partial charge is 0.497 e. The van der Waals surface area contributed by atoms with Gasteiger partial charge in [-0.05, 0) is 69.5 Å². The number of sulfonamides is 1. The van der Waals surface area contributed by atoms with Gasteiger partial charge in [0.05, 0.1) is 24.8 Å². The van der Waals surface area contributed by atoms with Crippen LogP contribution in [0, 0.1) is 0 Å². The zero-order chi connectivity index (χ0) is 36.8. The molecule has 1 aliphatic carbocycles. The number of carbonyl (C=O) groups is 2. The maximum Gasteiger partial charge on any atom is 0.573 e. The van der Waals surface area contributed by atoms with Crippen molar-refractivity contribution in [1.82, 2.24) is 4.72 Å². The van der Waals surface area contributed by atoms with E-state index >= 15 is 0 Å². The number of hydrogen-bond donors (Lipinski definition) is 2. The number of hydrogen-bond acceptors (Lipinski definition) is 9. The Balaban J connectivity index is 1.51. The lowest BCUT2D eigenvalue weighted by atomic mass is 9.99. The second-order valence-corrected chi connectivity index (χ2v) is 15.2. The van der Waals surface area contributed by atoms with E-state index in [1.807, 2.05) is 4.72 Å². The van der Waals surface area contributed by atoms with Gasteiger partial charge in [-0.1, -0.05) is 40.5 Å². The molecule has 0 bridgehead atoms. The van der Waals surface area contributed by atoms with Gasteiger partial charge in [0.2, 0.25) is 15.6 Å². The maximum absolute atomic E-state index is 14.6. The van der Waals surface area contributed by atoms with Gasteiger partial charge in [0.25, 0.3) is 11.8 Å². The van der Waals surface area contributed by atoms with Crippen molar-refractivity contribution in [3.05, 3.63) is 81.3 Å². The van der Waals surface area contributed by atoms with Crippen LogP contribution in [0.15, 0.2) is 59.8 Å². The minimum absolute atomic E-state index is 0.168. The molecule has 1 fully saturated rings. The van der Waals surface area contributed by atoms with Crippen LogP contribution in [0.2, 0.25) is 10.0 Å². The molecular formula is C33H33Cl2F3N4O7S. The molecule has 1 aliphatic heterocycles. The van der Waals surface area contributed by atoms with E-state index in [9.17, 15) is 31.2 Å². The third kappa shape index (κ3) is 8.38. The number of benzene rings is 3. The summed E-state index contributed by atoms with van der Waals surface area (Å²) in [6, 6.07) is 12.4. The first kappa shape index (κ1) is 37.1. The standard InChI is InChI=1S/C33H33Cl2F3N4O7S/c1-18(40-49-31(2,3)30(44)41-50(5,45)46)19-12-21(15-23(13-19)47-4)39-28(24-8-6-20(34)14-26(24)35)29(43)42-17-32(10-11-32)25-9-7-22(16-27(25)42)48-33(36,37)38/h6-9,12-16,28,39H,10-11,17H2,1-5H3,(H,41,44). The zero-order valence-corrected chi connectivity index (χ0v) is 29.8. The van der Waals surface area contributed by atoms with Gasteiger partial charge in [0, 0.05) is 51.0 Å². The van der Waals surface area contributed by atoms with Crippen LogP contribution in [0.3, 0.4) is 0 Å². The van der Waals surface area contributed by atoms with Crippen molar-refractivity contribution in [3.8, 4) is 11.5 Å². The van der Waals surface area contributed by atoms with E-state index in [1.54, 1.807) is 43.3 Å². The van der Waals surface area contributed by atoms with E-state index in [0.29, 0.717) is 33.3 Å². The van der Waals surface area contributed by atoms with Crippen LogP contribution in [-0.2, 0) is 29.9 Å². The predicted octanol–water partition coefficient (Wildman–Crippen LogP) is 6.73. The first-order valence-electron chi connectivity index (χ1n) is 15.1. The Bertz CT molecular complexity index is 1990. The summed E-state index contributed by atoms with van der Waals surface area (Å²) < 4.78 is 74.0. The fourth-order valence-electron chi connectivity index (χ4n) is 5.54. The number of rotatable bonds is 11.